The van der Waals surface area contributed by atoms with Gasteiger partial charge in [-0.25, -0.2) is 4.79 Å². The molecule has 5 rings (SSSR count). The van der Waals surface area contributed by atoms with Gasteiger partial charge in [0.1, 0.15) is 61.0 Å². The molecular formula is C35H46O20. The summed E-state index contributed by atoms with van der Waals surface area (Å²) < 4.78 is 40.2. The average molecular weight is 787 g/mol. The molecule has 0 aliphatic carbocycles. The maximum Gasteiger partial charge on any atom is 0.331 e. The van der Waals surface area contributed by atoms with Gasteiger partial charge in [-0.1, -0.05) is 12.1 Å². The lowest BCUT2D eigenvalue weighted by Crippen LogP contribution is -2.65. The standard InChI is InChI=1S/C35H46O20/c1-14-24(42)26(44)29(47)35(51-14)55-32-30(48)34(49-9-8-16-3-6-18(38)20(40)11-16)53-22(13-50-33-28(46)27(45)25(43)21(12-36)52-33)31(32)54-23(41)7-4-15-2-5-17(37)19(39)10-15/h2-7,10-11,14,21-22,24-40,42-48H,8-9,12-13H2,1H3/b7-4+/t14-,21+,22+,24-,25+,26+,27-,28+,29+,30+,31+,32+,33-,34+,35-/m0/s1. The molecule has 12 N–H and O–H groups in total. The Balaban J connectivity index is 1.43. The first-order chi connectivity index (χ1) is 26.1. The second-order valence-corrected chi connectivity index (χ2v) is 13.3. The molecule has 2 aromatic carbocycles. The summed E-state index contributed by atoms with van der Waals surface area (Å²) in [5.74, 6) is -2.71. The van der Waals surface area contributed by atoms with Crippen molar-refractivity contribution in [1.29, 1.82) is 0 Å². The van der Waals surface area contributed by atoms with Gasteiger partial charge in [0.15, 0.2) is 48.0 Å². The number of ether oxygens (including phenoxy) is 7. The van der Waals surface area contributed by atoms with Gasteiger partial charge in [-0.3, -0.25) is 0 Å². The molecule has 0 saturated carbocycles. The van der Waals surface area contributed by atoms with E-state index in [2.05, 4.69) is 0 Å². The Morgan fingerprint density at radius 1 is 0.673 bits per heavy atom. The Bertz CT molecular complexity index is 1610. The molecule has 0 aromatic heterocycles. The van der Waals surface area contributed by atoms with Gasteiger partial charge in [0.25, 0.3) is 0 Å². The van der Waals surface area contributed by atoms with E-state index in [0.29, 0.717) is 5.56 Å². The molecule has 3 aliphatic heterocycles. The second-order valence-electron chi connectivity index (χ2n) is 13.3. The molecule has 0 unspecified atom stereocenters. The number of benzene rings is 2. The first-order valence-electron chi connectivity index (χ1n) is 17.2. The molecule has 0 spiro atoms. The topological polar surface area (TPSA) is 324 Å². The molecule has 0 radical (unpaired) electrons. The molecule has 0 amide bonds. The van der Waals surface area contributed by atoms with E-state index >= 15 is 0 Å². The van der Waals surface area contributed by atoms with Crippen molar-refractivity contribution >= 4 is 12.0 Å². The van der Waals surface area contributed by atoms with Crippen LogP contribution >= 0.6 is 0 Å². The summed E-state index contributed by atoms with van der Waals surface area (Å²) in [7, 11) is 0. The van der Waals surface area contributed by atoms with Crippen molar-refractivity contribution in [3.63, 3.8) is 0 Å². The zero-order valence-corrected chi connectivity index (χ0v) is 29.2. The minimum atomic E-state index is -1.88. The maximum atomic E-state index is 13.3. The first-order valence-corrected chi connectivity index (χ1v) is 17.2. The number of aliphatic hydroxyl groups is 8. The highest BCUT2D eigenvalue weighted by Crippen LogP contribution is 2.33. The third-order valence-corrected chi connectivity index (χ3v) is 9.36. The highest BCUT2D eigenvalue weighted by atomic mass is 16.8. The van der Waals surface area contributed by atoms with Crippen molar-refractivity contribution in [2.24, 2.45) is 0 Å². The van der Waals surface area contributed by atoms with Crippen molar-refractivity contribution in [1.82, 2.24) is 0 Å². The number of phenols is 4. The van der Waals surface area contributed by atoms with Gasteiger partial charge in [0.2, 0.25) is 0 Å². The van der Waals surface area contributed by atoms with Crippen LogP contribution in [-0.4, -0.2) is 179 Å². The van der Waals surface area contributed by atoms with Gasteiger partial charge >= 0.3 is 5.97 Å². The van der Waals surface area contributed by atoms with Crippen molar-refractivity contribution < 1.29 is 99.2 Å². The van der Waals surface area contributed by atoms with Gasteiger partial charge in [-0.05, 0) is 54.8 Å². The Morgan fingerprint density at radius 2 is 1.29 bits per heavy atom. The summed E-state index contributed by atoms with van der Waals surface area (Å²) in [6.07, 6.45) is -22.6. The van der Waals surface area contributed by atoms with Gasteiger partial charge < -0.3 is 94.4 Å². The van der Waals surface area contributed by atoms with Gasteiger partial charge in [0.05, 0.1) is 25.9 Å². The SMILES string of the molecule is C[C@@H]1O[C@@H](O[C@@H]2[C@@H](O)[C@H](OCCc3ccc(O)c(O)c3)O[C@H](CO[C@H]3O[C@H](CO)[C@@H](O)[C@H](O)[C@H]3O)[C@H]2OC(=O)/C=C/c2ccc(O)c(O)c2)[C@H](O)[C@H](O)[C@H]1O. The lowest BCUT2D eigenvalue weighted by Gasteiger charge is -2.47. The summed E-state index contributed by atoms with van der Waals surface area (Å²) in [6.45, 7) is -0.254. The molecule has 3 heterocycles. The predicted octanol–water partition coefficient (Wildman–Crippen LogP) is -3.19. The van der Waals surface area contributed by atoms with Crippen LogP contribution in [0.1, 0.15) is 18.1 Å². The molecule has 306 valence electrons. The van der Waals surface area contributed by atoms with Crippen LogP contribution in [0.5, 0.6) is 23.0 Å². The lowest BCUT2D eigenvalue weighted by molar-refractivity contribution is -0.364. The monoisotopic (exact) mass is 786 g/mol. The fraction of sp³-hybridized carbons (Fsp3) is 0.571. The quantitative estimate of drug-likeness (QED) is 0.0541. The Morgan fingerprint density at radius 3 is 1.96 bits per heavy atom. The highest BCUT2D eigenvalue weighted by Gasteiger charge is 2.53. The molecule has 20 heteroatoms. The third kappa shape index (κ3) is 10.0. The summed E-state index contributed by atoms with van der Waals surface area (Å²) in [5.41, 5.74) is 0.773. The Kier molecular flexibility index (Phi) is 14.3. The number of hydrogen-bond acceptors (Lipinski definition) is 20. The number of hydrogen-bond donors (Lipinski definition) is 12. The molecule has 15 atom stereocenters. The van der Waals surface area contributed by atoms with E-state index < -0.39 is 123 Å². The fourth-order valence-electron chi connectivity index (χ4n) is 6.14. The third-order valence-electron chi connectivity index (χ3n) is 9.36. The second kappa shape index (κ2) is 18.5. The van der Waals surface area contributed by atoms with Crippen molar-refractivity contribution in [3.8, 4) is 23.0 Å². The average Bonchev–Trinajstić information content (AvgIpc) is 3.16. The number of rotatable bonds is 13. The summed E-state index contributed by atoms with van der Waals surface area (Å²) in [4.78, 5) is 13.3. The summed E-state index contributed by atoms with van der Waals surface area (Å²) in [6, 6.07) is 7.75. The summed E-state index contributed by atoms with van der Waals surface area (Å²) in [5, 5.41) is 123. The maximum absolute atomic E-state index is 13.3. The van der Waals surface area contributed by atoms with Gasteiger partial charge in [-0.15, -0.1) is 0 Å². The van der Waals surface area contributed by atoms with Crippen LogP contribution in [0.15, 0.2) is 42.5 Å². The van der Waals surface area contributed by atoms with E-state index in [-0.39, 0.29) is 30.1 Å². The number of esters is 1. The molecule has 20 nitrogen and oxygen atoms in total. The summed E-state index contributed by atoms with van der Waals surface area (Å²) >= 11 is 0. The van der Waals surface area contributed by atoms with E-state index in [4.69, 9.17) is 33.2 Å². The van der Waals surface area contributed by atoms with E-state index in [1.54, 1.807) is 0 Å². The van der Waals surface area contributed by atoms with Crippen molar-refractivity contribution in [2.45, 2.75) is 105 Å². The molecule has 3 fully saturated rings. The first kappa shape index (κ1) is 42.4. The highest BCUT2D eigenvalue weighted by molar-refractivity contribution is 5.87. The van der Waals surface area contributed by atoms with Crippen LogP contribution in [0.25, 0.3) is 6.08 Å². The number of aromatic hydroxyl groups is 4. The van der Waals surface area contributed by atoms with Crippen LogP contribution in [0, 0.1) is 0 Å². The zero-order chi connectivity index (χ0) is 40.1. The minimum absolute atomic E-state index is 0.111. The van der Waals surface area contributed by atoms with Crippen LogP contribution in [0.2, 0.25) is 0 Å². The molecule has 2 aromatic rings. The predicted molar refractivity (Wildman–Crippen MR) is 180 cm³/mol. The minimum Gasteiger partial charge on any atom is -0.504 e. The molecule has 0 bridgehead atoms. The van der Waals surface area contributed by atoms with Crippen molar-refractivity contribution in [2.75, 3.05) is 19.8 Å². The van der Waals surface area contributed by atoms with Gasteiger partial charge in [0, 0.05) is 6.08 Å². The normalized spacial score (nSPS) is 36.9. The van der Waals surface area contributed by atoms with E-state index in [1.807, 2.05) is 0 Å². The molecule has 55 heavy (non-hydrogen) atoms. The molecule has 3 aliphatic rings. The molecule has 3 saturated heterocycles. The number of aliphatic hydroxyl groups excluding tert-OH is 8. The van der Waals surface area contributed by atoms with Crippen LogP contribution in [0.4, 0.5) is 0 Å². The number of carbonyl (C=O) groups excluding carboxylic acids is 1. The molecular weight excluding hydrogens is 740 g/mol. The zero-order valence-electron chi connectivity index (χ0n) is 29.2. The van der Waals surface area contributed by atoms with E-state index in [0.717, 1.165) is 12.1 Å². The van der Waals surface area contributed by atoms with Gasteiger partial charge in [-0.2, -0.15) is 0 Å². The fourth-order valence-corrected chi connectivity index (χ4v) is 6.14. The smallest absolute Gasteiger partial charge is 0.331 e. The Hall–Kier alpha value is -3.71. The van der Waals surface area contributed by atoms with Crippen LogP contribution < -0.4 is 0 Å². The number of phenolic OH excluding ortho intramolecular Hbond substituents is 4. The van der Waals surface area contributed by atoms with Crippen LogP contribution in [0.3, 0.4) is 0 Å². The Labute approximate surface area is 313 Å². The largest absolute Gasteiger partial charge is 0.504 e. The van der Waals surface area contributed by atoms with Crippen LogP contribution in [-0.2, 0) is 44.4 Å². The van der Waals surface area contributed by atoms with E-state index in [9.17, 15) is 66.1 Å². The van der Waals surface area contributed by atoms with Crippen molar-refractivity contribution in [3.05, 3.63) is 53.6 Å². The lowest BCUT2D eigenvalue weighted by atomic mass is 9.96. The van der Waals surface area contributed by atoms with E-state index in [1.165, 1.54) is 43.3 Å². The number of carbonyl (C=O) groups is 1.